The smallest absolute Gasteiger partial charge is 0.450 e. The molecule has 2 heterocycles. The monoisotopic (exact) mass is 450 g/mol. The summed E-state index contributed by atoms with van der Waals surface area (Å²) in [5.41, 5.74) is -2.02. The van der Waals surface area contributed by atoms with Crippen LogP contribution in [-0.4, -0.2) is 5.97 Å². The van der Waals surface area contributed by atoms with Crippen LogP contribution in [-0.2, 0) is 6.18 Å². The van der Waals surface area contributed by atoms with Crippen LogP contribution >= 0.6 is 22.9 Å². The molecule has 2 aromatic carbocycles. The van der Waals surface area contributed by atoms with Crippen molar-refractivity contribution in [2.24, 2.45) is 0 Å². The number of carbonyl (C=O) groups excluding carboxylic acids is 1. The van der Waals surface area contributed by atoms with Crippen LogP contribution in [0.5, 0.6) is 5.75 Å². The fraction of sp³-hybridized carbons (Fsp3) is 0.0476. The first kappa shape index (κ1) is 20.2. The Balaban J connectivity index is 1.89. The topological polar surface area (TPSA) is 56.5 Å². The molecule has 0 amide bonds. The average molecular weight is 451 g/mol. The van der Waals surface area contributed by atoms with Crippen LogP contribution in [0.3, 0.4) is 0 Å². The standard InChI is InChI=1S/C21H10ClF3O4S/c22-14-5-2-1-4-12(14)17-18(26)13-8-7-11(28-20(27)16-6-3-9-30-16)10-15(13)29-19(17)21(23,24)25/h1-10H. The molecule has 0 radical (unpaired) electrons. The summed E-state index contributed by atoms with van der Waals surface area (Å²) in [5, 5.41) is 1.56. The molecule has 0 fully saturated rings. The van der Waals surface area contributed by atoms with Crippen molar-refractivity contribution in [3.63, 3.8) is 0 Å². The van der Waals surface area contributed by atoms with Crippen molar-refractivity contribution < 1.29 is 27.1 Å². The minimum absolute atomic E-state index is 0.0175. The van der Waals surface area contributed by atoms with E-state index in [2.05, 4.69) is 0 Å². The summed E-state index contributed by atoms with van der Waals surface area (Å²) in [6.07, 6.45) is -4.95. The molecule has 0 N–H and O–H groups in total. The third-order valence-corrected chi connectivity index (χ3v) is 5.38. The van der Waals surface area contributed by atoms with E-state index in [0.29, 0.717) is 4.88 Å². The van der Waals surface area contributed by atoms with Gasteiger partial charge in [0.05, 0.1) is 10.9 Å². The van der Waals surface area contributed by atoms with Gasteiger partial charge in [-0.15, -0.1) is 11.3 Å². The van der Waals surface area contributed by atoms with Gasteiger partial charge >= 0.3 is 12.1 Å². The molecule has 0 aliphatic heterocycles. The summed E-state index contributed by atoms with van der Waals surface area (Å²) < 4.78 is 51.4. The molecule has 4 nitrogen and oxygen atoms in total. The molecule has 0 saturated heterocycles. The van der Waals surface area contributed by atoms with E-state index in [4.69, 9.17) is 20.8 Å². The Morgan fingerprint density at radius 3 is 2.50 bits per heavy atom. The number of rotatable bonds is 3. The van der Waals surface area contributed by atoms with Crippen LogP contribution in [0.15, 0.2) is 69.2 Å². The molecule has 0 atom stereocenters. The van der Waals surface area contributed by atoms with E-state index >= 15 is 0 Å². The molecule has 0 spiro atoms. The largest absolute Gasteiger partial charge is 0.450 e. The fourth-order valence-electron chi connectivity index (χ4n) is 2.90. The number of esters is 1. The SMILES string of the molecule is O=C(Oc1ccc2c(=O)c(-c3ccccc3Cl)c(C(F)(F)F)oc2c1)c1cccs1. The molecule has 0 aliphatic carbocycles. The predicted octanol–water partition coefficient (Wildman–Crippen LogP) is 6.41. The zero-order valence-corrected chi connectivity index (χ0v) is 16.4. The van der Waals surface area contributed by atoms with E-state index in [0.717, 1.165) is 17.4 Å². The van der Waals surface area contributed by atoms with Gasteiger partial charge < -0.3 is 9.15 Å². The molecule has 4 rings (SSSR count). The maximum atomic E-state index is 13.7. The van der Waals surface area contributed by atoms with Gasteiger partial charge in [0.25, 0.3) is 0 Å². The summed E-state index contributed by atoms with van der Waals surface area (Å²) in [6, 6.07) is 12.5. The summed E-state index contributed by atoms with van der Waals surface area (Å²) in [5.74, 6) is -2.20. The minimum Gasteiger partial charge on any atom is -0.450 e. The average Bonchev–Trinajstić information content (AvgIpc) is 3.23. The highest BCUT2D eigenvalue weighted by Crippen LogP contribution is 2.39. The van der Waals surface area contributed by atoms with Crippen molar-refractivity contribution in [2.45, 2.75) is 6.18 Å². The van der Waals surface area contributed by atoms with Gasteiger partial charge in [0.2, 0.25) is 11.2 Å². The lowest BCUT2D eigenvalue weighted by Gasteiger charge is -2.14. The highest BCUT2D eigenvalue weighted by Gasteiger charge is 2.39. The Labute approximate surface area is 176 Å². The predicted molar refractivity (Wildman–Crippen MR) is 107 cm³/mol. The Kier molecular flexibility index (Phi) is 5.13. The molecule has 9 heteroatoms. The first-order valence-electron chi connectivity index (χ1n) is 8.44. The van der Waals surface area contributed by atoms with E-state index < -0.39 is 28.9 Å². The second kappa shape index (κ2) is 7.62. The highest BCUT2D eigenvalue weighted by molar-refractivity contribution is 7.12. The third-order valence-electron chi connectivity index (χ3n) is 4.20. The number of carbonyl (C=O) groups is 1. The zero-order valence-electron chi connectivity index (χ0n) is 14.8. The first-order valence-corrected chi connectivity index (χ1v) is 9.70. The van der Waals surface area contributed by atoms with E-state index in [-0.39, 0.29) is 27.3 Å². The normalized spacial score (nSPS) is 11.6. The first-order chi connectivity index (χ1) is 14.3. The molecule has 30 heavy (non-hydrogen) atoms. The van der Waals surface area contributed by atoms with Gasteiger partial charge in [-0.25, -0.2) is 4.79 Å². The molecule has 0 unspecified atom stereocenters. The number of hydrogen-bond acceptors (Lipinski definition) is 5. The van der Waals surface area contributed by atoms with Gasteiger partial charge in [-0.1, -0.05) is 35.9 Å². The van der Waals surface area contributed by atoms with E-state index in [1.54, 1.807) is 17.5 Å². The fourth-order valence-corrected chi connectivity index (χ4v) is 3.73. The molecule has 0 bridgehead atoms. The van der Waals surface area contributed by atoms with Gasteiger partial charge in [-0.2, -0.15) is 13.2 Å². The molecular weight excluding hydrogens is 441 g/mol. The number of halogens is 4. The summed E-state index contributed by atoms with van der Waals surface area (Å²) in [7, 11) is 0. The molecule has 4 aromatic rings. The van der Waals surface area contributed by atoms with Crippen molar-refractivity contribution in [1.82, 2.24) is 0 Å². The van der Waals surface area contributed by atoms with Crippen LogP contribution in [0.1, 0.15) is 15.4 Å². The number of thiophene rings is 1. The summed E-state index contributed by atoms with van der Waals surface area (Å²) in [6.45, 7) is 0. The van der Waals surface area contributed by atoms with Gasteiger partial charge in [0.1, 0.15) is 16.2 Å². The maximum Gasteiger partial charge on any atom is 0.450 e. The van der Waals surface area contributed by atoms with Crippen LogP contribution in [0.4, 0.5) is 13.2 Å². The Morgan fingerprint density at radius 1 is 1.07 bits per heavy atom. The van der Waals surface area contributed by atoms with Crippen molar-refractivity contribution in [3.8, 4) is 16.9 Å². The third kappa shape index (κ3) is 3.71. The number of hydrogen-bond donors (Lipinski definition) is 0. The molecular formula is C21H10ClF3O4S. The second-order valence-electron chi connectivity index (χ2n) is 6.14. The van der Waals surface area contributed by atoms with Gasteiger partial charge in [-0.3, -0.25) is 4.79 Å². The quantitative estimate of drug-likeness (QED) is 0.267. The summed E-state index contributed by atoms with van der Waals surface area (Å²) in [4.78, 5) is 25.3. The van der Waals surface area contributed by atoms with E-state index in [1.807, 2.05) is 0 Å². The Morgan fingerprint density at radius 2 is 1.83 bits per heavy atom. The van der Waals surface area contributed by atoms with Crippen molar-refractivity contribution in [3.05, 3.63) is 85.9 Å². The Hall–Kier alpha value is -3.10. The summed E-state index contributed by atoms with van der Waals surface area (Å²) >= 11 is 7.18. The number of ether oxygens (including phenoxy) is 1. The van der Waals surface area contributed by atoms with E-state index in [9.17, 15) is 22.8 Å². The second-order valence-corrected chi connectivity index (χ2v) is 7.49. The van der Waals surface area contributed by atoms with Crippen LogP contribution < -0.4 is 10.2 Å². The zero-order chi connectivity index (χ0) is 21.5. The number of alkyl halides is 3. The maximum absolute atomic E-state index is 13.7. The number of benzene rings is 2. The van der Waals surface area contributed by atoms with Crippen molar-refractivity contribution in [2.75, 3.05) is 0 Å². The van der Waals surface area contributed by atoms with Crippen LogP contribution in [0.25, 0.3) is 22.1 Å². The molecule has 0 saturated carbocycles. The minimum atomic E-state index is -4.95. The van der Waals surface area contributed by atoms with Crippen molar-refractivity contribution >= 4 is 39.9 Å². The van der Waals surface area contributed by atoms with Gasteiger partial charge in [0.15, 0.2) is 0 Å². The highest BCUT2D eigenvalue weighted by atomic mass is 35.5. The van der Waals surface area contributed by atoms with Crippen molar-refractivity contribution in [1.29, 1.82) is 0 Å². The lowest BCUT2D eigenvalue weighted by molar-refractivity contribution is -0.152. The lowest BCUT2D eigenvalue weighted by Crippen LogP contribution is -2.16. The molecule has 0 aliphatic rings. The van der Waals surface area contributed by atoms with E-state index in [1.165, 1.54) is 36.4 Å². The number of fused-ring (bicyclic) bond motifs is 1. The van der Waals surface area contributed by atoms with Crippen LogP contribution in [0.2, 0.25) is 5.02 Å². The lowest BCUT2D eigenvalue weighted by atomic mass is 10.0. The molecule has 152 valence electrons. The molecule has 2 aromatic heterocycles. The van der Waals surface area contributed by atoms with Gasteiger partial charge in [-0.05, 0) is 29.6 Å². The Bertz CT molecular complexity index is 1310. The van der Waals surface area contributed by atoms with Gasteiger partial charge in [0, 0.05) is 16.7 Å². The van der Waals surface area contributed by atoms with Crippen LogP contribution in [0, 0.1) is 0 Å².